The molecule has 1 saturated heterocycles. The number of amides is 2. The second kappa shape index (κ2) is 9.86. The number of carbonyl (C=O) groups excluding carboxylic acids is 2. The zero-order valence-electron chi connectivity index (χ0n) is 18.9. The number of carbonyl (C=O) groups is 2. The lowest BCUT2D eigenvalue weighted by molar-refractivity contribution is -0.385. The Bertz CT molecular complexity index is 1120. The van der Waals surface area contributed by atoms with E-state index in [1.165, 1.54) is 26.4 Å². The summed E-state index contributed by atoms with van der Waals surface area (Å²) in [5.74, 6) is 0.850. The number of fused-ring (bicyclic) bond motifs is 1. The van der Waals surface area contributed by atoms with E-state index < -0.39 is 10.8 Å². The Labute approximate surface area is 195 Å². The Morgan fingerprint density at radius 1 is 1.15 bits per heavy atom. The Kier molecular flexibility index (Phi) is 6.71. The molecule has 4 rings (SSSR count). The first kappa shape index (κ1) is 23.1. The molecule has 34 heavy (non-hydrogen) atoms. The van der Waals surface area contributed by atoms with Crippen molar-refractivity contribution in [2.75, 3.05) is 45.4 Å². The lowest BCUT2D eigenvalue weighted by Crippen LogP contribution is -2.34. The second-order valence-electron chi connectivity index (χ2n) is 7.87. The minimum absolute atomic E-state index is 0.0801. The molecule has 1 unspecified atom stereocenters. The molecule has 2 aromatic carbocycles. The summed E-state index contributed by atoms with van der Waals surface area (Å²) < 4.78 is 21.4. The van der Waals surface area contributed by atoms with Crippen LogP contribution in [0.5, 0.6) is 23.0 Å². The monoisotopic (exact) mass is 471 g/mol. The maximum Gasteiger partial charge on any atom is 0.276 e. The van der Waals surface area contributed by atoms with Crippen LogP contribution in [-0.2, 0) is 16.0 Å². The first-order valence-electron chi connectivity index (χ1n) is 10.8. The number of anilines is 1. The van der Waals surface area contributed by atoms with Crippen LogP contribution in [-0.4, -0.2) is 57.3 Å². The van der Waals surface area contributed by atoms with Crippen molar-refractivity contribution in [3.63, 3.8) is 0 Å². The molecule has 2 aromatic rings. The molecule has 180 valence electrons. The molecule has 1 fully saturated rings. The van der Waals surface area contributed by atoms with Gasteiger partial charge in [0.05, 0.1) is 31.1 Å². The van der Waals surface area contributed by atoms with Crippen LogP contribution in [0.2, 0.25) is 0 Å². The quantitative estimate of drug-likeness (QED) is 0.458. The third-order valence-corrected chi connectivity index (χ3v) is 5.81. The van der Waals surface area contributed by atoms with E-state index in [9.17, 15) is 19.7 Å². The largest absolute Gasteiger partial charge is 0.493 e. The molecular weight excluding hydrogens is 446 g/mol. The molecular formula is C23H25N3O8. The molecule has 0 radical (unpaired) electrons. The predicted octanol–water partition coefficient (Wildman–Crippen LogP) is 2.09. The topological polar surface area (TPSA) is 129 Å². The molecule has 0 spiro atoms. The number of nitrogens with one attached hydrogen (secondary N) is 1. The molecule has 11 heteroatoms. The van der Waals surface area contributed by atoms with E-state index in [1.54, 1.807) is 23.1 Å². The average molecular weight is 471 g/mol. The third-order valence-electron chi connectivity index (χ3n) is 5.81. The number of nitrogens with zero attached hydrogens (tertiary/aromatic N) is 2. The number of ether oxygens (including phenoxy) is 4. The van der Waals surface area contributed by atoms with E-state index in [0.29, 0.717) is 41.7 Å². The maximum atomic E-state index is 12.7. The molecule has 0 saturated carbocycles. The summed E-state index contributed by atoms with van der Waals surface area (Å²) in [5.41, 5.74) is 0.932. The highest BCUT2D eigenvalue weighted by atomic mass is 16.6. The van der Waals surface area contributed by atoms with Gasteiger partial charge in [0, 0.05) is 36.8 Å². The number of benzene rings is 2. The SMILES string of the molecule is COc1cc(CCNC(=O)C2CC(=O)N(c3ccc4c(c3)OCCO4)C2)c([N+](=O)[O-])cc1OC. The van der Waals surface area contributed by atoms with Crippen molar-refractivity contribution in [1.82, 2.24) is 5.32 Å². The molecule has 2 amide bonds. The van der Waals surface area contributed by atoms with Gasteiger partial charge in [-0.25, -0.2) is 0 Å². The molecule has 1 N–H and O–H groups in total. The summed E-state index contributed by atoms with van der Waals surface area (Å²) in [6.45, 7) is 1.32. The van der Waals surface area contributed by atoms with Crippen molar-refractivity contribution in [3.8, 4) is 23.0 Å². The number of nitro groups is 1. The highest BCUT2D eigenvalue weighted by Crippen LogP contribution is 2.36. The van der Waals surface area contributed by atoms with Gasteiger partial charge in [0.1, 0.15) is 13.2 Å². The van der Waals surface area contributed by atoms with E-state index in [2.05, 4.69) is 5.32 Å². The lowest BCUT2D eigenvalue weighted by Gasteiger charge is -2.22. The van der Waals surface area contributed by atoms with Crippen molar-refractivity contribution in [2.24, 2.45) is 5.92 Å². The maximum absolute atomic E-state index is 12.7. The zero-order chi connectivity index (χ0) is 24.2. The number of hydrogen-bond donors (Lipinski definition) is 1. The van der Waals surface area contributed by atoms with E-state index in [4.69, 9.17) is 18.9 Å². The Hall–Kier alpha value is -4.02. The average Bonchev–Trinajstić information content (AvgIpc) is 3.24. The van der Waals surface area contributed by atoms with Gasteiger partial charge in [0.2, 0.25) is 11.8 Å². The van der Waals surface area contributed by atoms with Gasteiger partial charge >= 0.3 is 0 Å². The number of rotatable bonds is 8. The normalized spacial score (nSPS) is 16.8. The van der Waals surface area contributed by atoms with Gasteiger partial charge in [-0.1, -0.05) is 0 Å². The zero-order valence-corrected chi connectivity index (χ0v) is 18.9. The van der Waals surface area contributed by atoms with Gasteiger partial charge in [0.15, 0.2) is 23.0 Å². The highest BCUT2D eigenvalue weighted by Gasteiger charge is 2.35. The first-order valence-corrected chi connectivity index (χ1v) is 10.8. The van der Waals surface area contributed by atoms with Gasteiger partial charge in [0.25, 0.3) is 5.69 Å². The molecule has 2 heterocycles. The Balaban J connectivity index is 1.38. The lowest BCUT2D eigenvalue weighted by atomic mass is 10.1. The fourth-order valence-corrected chi connectivity index (χ4v) is 4.08. The highest BCUT2D eigenvalue weighted by molar-refractivity contribution is 6.00. The van der Waals surface area contributed by atoms with Crippen LogP contribution in [0.4, 0.5) is 11.4 Å². The minimum atomic E-state index is -0.527. The van der Waals surface area contributed by atoms with E-state index in [0.717, 1.165) is 0 Å². The molecule has 11 nitrogen and oxygen atoms in total. The third kappa shape index (κ3) is 4.68. The van der Waals surface area contributed by atoms with Crippen LogP contribution in [0, 0.1) is 16.0 Å². The minimum Gasteiger partial charge on any atom is -0.493 e. The van der Waals surface area contributed by atoms with Gasteiger partial charge in [-0.2, -0.15) is 0 Å². The second-order valence-corrected chi connectivity index (χ2v) is 7.87. The van der Waals surface area contributed by atoms with Crippen molar-refractivity contribution in [2.45, 2.75) is 12.8 Å². The van der Waals surface area contributed by atoms with Crippen LogP contribution in [0.25, 0.3) is 0 Å². The molecule has 0 aromatic heterocycles. The molecule has 1 atom stereocenters. The van der Waals surface area contributed by atoms with E-state index in [-0.39, 0.29) is 49.2 Å². The smallest absolute Gasteiger partial charge is 0.276 e. The van der Waals surface area contributed by atoms with Gasteiger partial charge in [-0.3, -0.25) is 19.7 Å². The van der Waals surface area contributed by atoms with Crippen molar-refractivity contribution in [1.29, 1.82) is 0 Å². The first-order chi connectivity index (χ1) is 16.4. The standard InChI is InChI=1S/C23H25N3O8/c1-31-19-9-14(17(26(29)30)12-20(19)32-2)5-6-24-23(28)15-10-22(27)25(13-15)16-3-4-18-21(11-16)34-8-7-33-18/h3-4,9,11-12,15H,5-8,10,13H2,1-2H3,(H,24,28). The summed E-state index contributed by atoms with van der Waals surface area (Å²) in [7, 11) is 2.85. The van der Waals surface area contributed by atoms with Gasteiger partial charge in [-0.15, -0.1) is 0 Å². The molecule has 0 aliphatic carbocycles. The molecule has 2 aliphatic rings. The summed E-state index contributed by atoms with van der Waals surface area (Å²) in [4.78, 5) is 37.8. The van der Waals surface area contributed by atoms with Crippen LogP contribution in [0.1, 0.15) is 12.0 Å². The fraction of sp³-hybridized carbons (Fsp3) is 0.391. The van der Waals surface area contributed by atoms with Crippen molar-refractivity contribution < 1.29 is 33.5 Å². The van der Waals surface area contributed by atoms with Crippen LogP contribution in [0.3, 0.4) is 0 Å². The van der Waals surface area contributed by atoms with Crippen molar-refractivity contribution in [3.05, 3.63) is 46.0 Å². The number of methoxy groups -OCH3 is 2. The van der Waals surface area contributed by atoms with E-state index in [1.807, 2.05) is 0 Å². The van der Waals surface area contributed by atoms with E-state index >= 15 is 0 Å². The van der Waals surface area contributed by atoms with Gasteiger partial charge < -0.3 is 29.2 Å². The van der Waals surface area contributed by atoms with Crippen molar-refractivity contribution >= 4 is 23.2 Å². The van der Waals surface area contributed by atoms with Crippen LogP contribution in [0.15, 0.2) is 30.3 Å². The number of nitro benzene ring substituents is 1. The van der Waals surface area contributed by atoms with Crippen LogP contribution >= 0.6 is 0 Å². The summed E-state index contributed by atoms with van der Waals surface area (Å²) in [6, 6.07) is 8.09. The fourth-order valence-electron chi connectivity index (χ4n) is 4.08. The Morgan fingerprint density at radius 3 is 2.56 bits per heavy atom. The summed E-state index contributed by atoms with van der Waals surface area (Å²) in [6.07, 6.45) is 0.297. The number of hydrogen-bond acceptors (Lipinski definition) is 8. The summed E-state index contributed by atoms with van der Waals surface area (Å²) >= 11 is 0. The van der Waals surface area contributed by atoms with Crippen LogP contribution < -0.4 is 29.2 Å². The summed E-state index contributed by atoms with van der Waals surface area (Å²) in [5, 5.41) is 14.2. The molecule has 2 aliphatic heterocycles. The molecule has 0 bridgehead atoms. The van der Waals surface area contributed by atoms with Gasteiger partial charge in [-0.05, 0) is 24.6 Å². The predicted molar refractivity (Wildman–Crippen MR) is 121 cm³/mol. The Morgan fingerprint density at radius 2 is 1.85 bits per heavy atom.